The molecule has 100 valence electrons. The Kier molecular flexibility index (Phi) is 4.31. The van der Waals surface area contributed by atoms with Crippen LogP contribution in [0.3, 0.4) is 0 Å². The highest BCUT2D eigenvalue weighted by molar-refractivity contribution is 7.90. The maximum absolute atomic E-state index is 11.4. The number of aliphatic hydroxyl groups is 1. The Morgan fingerprint density at radius 1 is 1.33 bits per heavy atom. The van der Waals surface area contributed by atoms with Crippen LogP contribution in [-0.2, 0) is 19.4 Å². The molecule has 1 N–H and O–H groups in total. The Morgan fingerprint density at radius 2 is 1.94 bits per heavy atom. The number of carbonyl (C=O) groups excluding carboxylic acids is 1. The molecule has 1 atom stereocenters. The zero-order valence-electron chi connectivity index (χ0n) is 10.2. The van der Waals surface area contributed by atoms with E-state index in [4.69, 9.17) is 4.74 Å². The zero-order valence-corrected chi connectivity index (χ0v) is 11.0. The van der Waals surface area contributed by atoms with Gasteiger partial charge in [0.15, 0.2) is 15.9 Å². The van der Waals surface area contributed by atoms with Crippen molar-refractivity contribution < 1.29 is 27.8 Å². The van der Waals surface area contributed by atoms with Crippen molar-refractivity contribution in [1.82, 2.24) is 0 Å². The van der Waals surface area contributed by atoms with Crippen LogP contribution in [0.5, 0.6) is 5.75 Å². The first-order valence-electron chi connectivity index (χ1n) is 4.95. The first-order chi connectivity index (χ1) is 8.31. The van der Waals surface area contributed by atoms with E-state index in [9.17, 15) is 18.3 Å². The molecule has 0 saturated heterocycles. The molecule has 0 saturated carbocycles. The van der Waals surface area contributed by atoms with Crippen LogP contribution in [-0.4, -0.2) is 40.0 Å². The number of benzene rings is 1. The van der Waals surface area contributed by atoms with Crippen molar-refractivity contribution in [3.8, 4) is 5.75 Å². The van der Waals surface area contributed by atoms with Gasteiger partial charge in [-0.05, 0) is 18.2 Å². The third-order valence-electron chi connectivity index (χ3n) is 2.35. The molecule has 1 aromatic rings. The summed E-state index contributed by atoms with van der Waals surface area (Å²) >= 11 is 0. The third kappa shape index (κ3) is 2.99. The predicted octanol–water partition coefficient (Wildman–Crippen LogP) is 0.305. The maximum Gasteiger partial charge on any atom is 0.339 e. The van der Waals surface area contributed by atoms with Crippen LogP contribution >= 0.6 is 0 Å². The molecule has 1 unspecified atom stereocenters. The molecule has 0 aliphatic rings. The molecule has 0 aliphatic carbocycles. The van der Waals surface area contributed by atoms with Crippen molar-refractivity contribution in [2.75, 3.05) is 20.5 Å². The van der Waals surface area contributed by atoms with E-state index in [0.717, 1.165) is 13.4 Å². The van der Waals surface area contributed by atoms with Gasteiger partial charge in [-0.15, -0.1) is 0 Å². The van der Waals surface area contributed by atoms with Gasteiger partial charge in [0.2, 0.25) is 0 Å². The van der Waals surface area contributed by atoms with Gasteiger partial charge in [-0.1, -0.05) is 0 Å². The monoisotopic (exact) mass is 274 g/mol. The molecule has 18 heavy (non-hydrogen) atoms. The lowest BCUT2D eigenvalue weighted by Crippen LogP contribution is -2.15. The SMILES string of the molecule is COC(=O)C(O)c1cc(S(C)(=O)=O)ccc1OC. The fourth-order valence-corrected chi connectivity index (χ4v) is 2.05. The van der Waals surface area contributed by atoms with Crippen LogP contribution in [0.1, 0.15) is 11.7 Å². The van der Waals surface area contributed by atoms with Crippen LogP contribution in [0.2, 0.25) is 0 Å². The molecule has 1 aromatic carbocycles. The highest BCUT2D eigenvalue weighted by Crippen LogP contribution is 2.28. The summed E-state index contributed by atoms with van der Waals surface area (Å²) in [5.74, 6) is -0.681. The minimum atomic E-state index is -3.44. The molecule has 1 rings (SSSR count). The Balaban J connectivity index is 3.35. The van der Waals surface area contributed by atoms with Gasteiger partial charge in [0.1, 0.15) is 5.75 Å². The summed E-state index contributed by atoms with van der Waals surface area (Å²) < 4.78 is 32.2. The number of hydrogen-bond acceptors (Lipinski definition) is 6. The fraction of sp³-hybridized carbons (Fsp3) is 0.364. The van der Waals surface area contributed by atoms with Gasteiger partial charge in [-0.25, -0.2) is 13.2 Å². The minimum Gasteiger partial charge on any atom is -0.496 e. The second kappa shape index (κ2) is 5.36. The third-order valence-corrected chi connectivity index (χ3v) is 3.46. The number of aliphatic hydroxyl groups excluding tert-OH is 1. The molecule has 0 aliphatic heterocycles. The van der Waals surface area contributed by atoms with Gasteiger partial charge in [0.25, 0.3) is 0 Å². The summed E-state index contributed by atoms with van der Waals surface area (Å²) in [6.07, 6.45) is -0.560. The summed E-state index contributed by atoms with van der Waals surface area (Å²) in [5, 5.41) is 9.74. The number of methoxy groups -OCH3 is 2. The van der Waals surface area contributed by atoms with Crippen LogP contribution in [0.25, 0.3) is 0 Å². The molecule has 0 heterocycles. The van der Waals surface area contributed by atoms with E-state index in [1.165, 1.54) is 25.3 Å². The highest BCUT2D eigenvalue weighted by atomic mass is 32.2. The average Bonchev–Trinajstić information content (AvgIpc) is 2.35. The maximum atomic E-state index is 11.4. The number of rotatable bonds is 4. The van der Waals surface area contributed by atoms with Crippen molar-refractivity contribution in [2.24, 2.45) is 0 Å². The van der Waals surface area contributed by atoms with Crippen molar-refractivity contribution in [3.63, 3.8) is 0 Å². The number of carbonyl (C=O) groups is 1. The molecule has 6 nitrogen and oxygen atoms in total. The van der Waals surface area contributed by atoms with Gasteiger partial charge in [-0.3, -0.25) is 0 Å². The van der Waals surface area contributed by atoms with Crippen molar-refractivity contribution in [3.05, 3.63) is 23.8 Å². The molecule has 0 radical (unpaired) electrons. The minimum absolute atomic E-state index is 0.0127. The molecule has 0 spiro atoms. The van der Waals surface area contributed by atoms with E-state index in [-0.39, 0.29) is 16.2 Å². The lowest BCUT2D eigenvalue weighted by atomic mass is 10.1. The topological polar surface area (TPSA) is 89.9 Å². The first kappa shape index (κ1) is 14.5. The van der Waals surface area contributed by atoms with E-state index in [0.29, 0.717) is 0 Å². The van der Waals surface area contributed by atoms with E-state index in [1.807, 2.05) is 0 Å². The van der Waals surface area contributed by atoms with Crippen molar-refractivity contribution in [1.29, 1.82) is 0 Å². The van der Waals surface area contributed by atoms with Crippen LogP contribution < -0.4 is 4.74 Å². The van der Waals surface area contributed by atoms with Gasteiger partial charge in [0.05, 0.1) is 19.1 Å². The van der Waals surface area contributed by atoms with Gasteiger partial charge in [0, 0.05) is 11.8 Å². The summed E-state index contributed by atoms with van der Waals surface area (Å²) in [7, 11) is -0.961. The molecular formula is C11H14O6S. The molecule has 0 bridgehead atoms. The Hall–Kier alpha value is -1.60. The molecule has 0 amide bonds. The smallest absolute Gasteiger partial charge is 0.339 e. The summed E-state index contributed by atoms with van der Waals surface area (Å²) in [5.41, 5.74) is 0.0484. The first-order valence-corrected chi connectivity index (χ1v) is 6.84. The normalized spacial score (nSPS) is 12.9. The quantitative estimate of drug-likeness (QED) is 0.794. The highest BCUT2D eigenvalue weighted by Gasteiger charge is 2.23. The van der Waals surface area contributed by atoms with E-state index in [1.54, 1.807) is 0 Å². The molecule has 7 heteroatoms. The molecule has 0 aromatic heterocycles. The van der Waals surface area contributed by atoms with Gasteiger partial charge in [-0.2, -0.15) is 0 Å². The lowest BCUT2D eigenvalue weighted by molar-refractivity contribution is -0.150. The number of esters is 1. The summed E-state index contributed by atoms with van der Waals surface area (Å²) in [6.45, 7) is 0. The average molecular weight is 274 g/mol. The molecular weight excluding hydrogens is 260 g/mol. The van der Waals surface area contributed by atoms with E-state index >= 15 is 0 Å². The lowest BCUT2D eigenvalue weighted by Gasteiger charge is -2.14. The summed E-state index contributed by atoms with van der Waals surface area (Å²) in [6, 6.07) is 3.90. The Morgan fingerprint density at radius 3 is 2.39 bits per heavy atom. The van der Waals surface area contributed by atoms with Crippen LogP contribution in [0.15, 0.2) is 23.1 Å². The van der Waals surface area contributed by atoms with Crippen molar-refractivity contribution >= 4 is 15.8 Å². The van der Waals surface area contributed by atoms with Gasteiger partial charge < -0.3 is 14.6 Å². The fourth-order valence-electron chi connectivity index (χ4n) is 1.40. The second-order valence-electron chi connectivity index (χ2n) is 3.60. The van der Waals surface area contributed by atoms with Crippen LogP contribution in [0.4, 0.5) is 0 Å². The van der Waals surface area contributed by atoms with E-state index < -0.39 is 21.9 Å². The molecule has 0 fully saturated rings. The van der Waals surface area contributed by atoms with E-state index in [2.05, 4.69) is 4.74 Å². The van der Waals surface area contributed by atoms with Gasteiger partial charge >= 0.3 is 5.97 Å². The number of sulfone groups is 1. The second-order valence-corrected chi connectivity index (χ2v) is 5.62. The number of hydrogen-bond donors (Lipinski definition) is 1. The zero-order chi connectivity index (χ0) is 13.9. The predicted molar refractivity (Wildman–Crippen MR) is 63.1 cm³/mol. The Labute approximate surface area is 105 Å². The number of ether oxygens (including phenoxy) is 2. The standard InChI is InChI=1S/C11H14O6S/c1-16-9-5-4-7(18(3,14)15)6-8(9)10(12)11(13)17-2/h4-6,10,12H,1-3H3. The summed E-state index contributed by atoms with van der Waals surface area (Å²) in [4.78, 5) is 11.3. The van der Waals surface area contributed by atoms with Crippen molar-refractivity contribution in [2.45, 2.75) is 11.0 Å². The Bertz CT molecular complexity index is 549. The largest absolute Gasteiger partial charge is 0.496 e. The van der Waals surface area contributed by atoms with Crippen LogP contribution in [0, 0.1) is 0 Å².